The lowest BCUT2D eigenvalue weighted by molar-refractivity contribution is -0.111. The van der Waals surface area contributed by atoms with Gasteiger partial charge in [-0.05, 0) is 70.7 Å². The van der Waals surface area contributed by atoms with Crippen LogP contribution in [0.15, 0.2) is 30.3 Å². The average Bonchev–Trinajstić information content (AvgIpc) is 3.08. The molecule has 0 spiro atoms. The molecule has 0 aliphatic heterocycles. The van der Waals surface area contributed by atoms with Crippen molar-refractivity contribution in [1.29, 1.82) is 0 Å². The predicted octanol–water partition coefficient (Wildman–Crippen LogP) is 4.23. The number of fused-ring (bicyclic) bond motifs is 1. The van der Waals surface area contributed by atoms with Gasteiger partial charge < -0.3 is 19.8 Å². The molecule has 0 saturated heterocycles. The largest absolute Gasteiger partial charge is 0.386 e. The SMILES string of the molecule is Cc1cccc(C(=O)Nc2cc3c(cc2C(C)(C)O)nc([C@H]2CC[C@H](C=O)CC2)n3C)n1. The number of amides is 1. The topological polar surface area (TPSA) is 97.1 Å². The van der Waals surface area contributed by atoms with Crippen molar-refractivity contribution in [1.82, 2.24) is 14.5 Å². The number of nitrogens with zero attached hydrogens (tertiary/aromatic N) is 3. The Morgan fingerprint density at radius 2 is 1.91 bits per heavy atom. The first-order valence-corrected chi connectivity index (χ1v) is 11.1. The van der Waals surface area contributed by atoms with E-state index in [2.05, 4.69) is 14.9 Å². The molecule has 1 amide bonds. The first-order chi connectivity index (χ1) is 15.2. The van der Waals surface area contributed by atoms with Crippen molar-refractivity contribution < 1.29 is 14.7 Å². The zero-order valence-electron chi connectivity index (χ0n) is 19.1. The smallest absolute Gasteiger partial charge is 0.274 e. The van der Waals surface area contributed by atoms with E-state index in [1.54, 1.807) is 26.0 Å². The molecule has 2 heterocycles. The standard InChI is InChI=1S/C25H30N4O3/c1-15-6-5-7-19(26-15)24(31)28-20-13-22-21(12-18(20)25(2,3)32)27-23(29(22)4)17-10-8-16(14-30)9-11-17/h5-7,12-14,16-17,32H,8-11H2,1-4H3,(H,28,31)/t16-,17-. The van der Waals surface area contributed by atoms with Gasteiger partial charge in [0.1, 0.15) is 17.8 Å². The normalized spacial score (nSPS) is 19.2. The maximum atomic E-state index is 12.9. The first kappa shape index (κ1) is 22.1. The second kappa shape index (κ2) is 8.47. The van der Waals surface area contributed by atoms with Crippen LogP contribution in [-0.2, 0) is 17.4 Å². The second-order valence-corrected chi connectivity index (χ2v) is 9.34. The molecular formula is C25H30N4O3. The second-order valence-electron chi connectivity index (χ2n) is 9.34. The number of hydrogen-bond donors (Lipinski definition) is 2. The summed E-state index contributed by atoms with van der Waals surface area (Å²) in [6.45, 7) is 5.23. The lowest BCUT2D eigenvalue weighted by Gasteiger charge is -2.24. The van der Waals surface area contributed by atoms with Gasteiger partial charge in [0.05, 0.1) is 16.6 Å². The Morgan fingerprint density at radius 3 is 2.53 bits per heavy atom. The number of hydrogen-bond acceptors (Lipinski definition) is 5. The molecule has 1 aliphatic carbocycles. The summed E-state index contributed by atoms with van der Waals surface area (Å²) in [4.78, 5) is 33.2. The number of benzene rings is 1. The monoisotopic (exact) mass is 434 g/mol. The number of anilines is 1. The van der Waals surface area contributed by atoms with Gasteiger partial charge in [0.25, 0.3) is 5.91 Å². The number of aryl methyl sites for hydroxylation is 2. The number of pyridine rings is 1. The number of rotatable bonds is 5. The van der Waals surface area contributed by atoms with Gasteiger partial charge in [0.2, 0.25) is 0 Å². The molecule has 168 valence electrons. The molecule has 3 aromatic rings. The van der Waals surface area contributed by atoms with E-state index in [9.17, 15) is 14.7 Å². The molecule has 2 N–H and O–H groups in total. The van der Waals surface area contributed by atoms with Gasteiger partial charge in [-0.15, -0.1) is 0 Å². The highest BCUT2D eigenvalue weighted by molar-refractivity contribution is 6.04. The van der Waals surface area contributed by atoms with E-state index >= 15 is 0 Å². The van der Waals surface area contributed by atoms with Crippen molar-refractivity contribution in [3.63, 3.8) is 0 Å². The van der Waals surface area contributed by atoms with Crippen molar-refractivity contribution in [2.45, 2.75) is 58.0 Å². The summed E-state index contributed by atoms with van der Waals surface area (Å²) in [5.41, 5.74) is 2.72. The third-order valence-electron chi connectivity index (χ3n) is 6.41. The van der Waals surface area contributed by atoms with Crippen LogP contribution in [0, 0.1) is 12.8 Å². The number of aldehydes is 1. The number of aliphatic hydroxyl groups is 1. The van der Waals surface area contributed by atoms with Crippen molar-refractivity contribution >= 4 is 28.9 Å². The summed E-state index contributed by atoms with van der Waals surface area (Å²) in [5, 5.41) is 13.7. The minimum atomic E-state index is -1.17. The third-order valence-corrected chi connectivity index (χ3v) is 6.41. The summed E-state index contributed by atoms with van der Waals surface area (Å²) in [7, 11) is 1.98. The first-order valence-electron chi connectivity index (χ1n) is 11.1. The summed E-state index contributed by atoms with van der Waals surface area (Å²) in [5.74, 6) is 1.10. The summed E-state index contributed by atoms with van der Waals surface area (Å²) in [6, 6.07) is 9.04. The molecule has 7 heteroatoms. The number of carbonyl (C=O) groups excluding carboxylic acids is 2. The van der Waals surface area contributed by atoms with Crippen molar-refractivity contribution in [2.75, 3.05) is 5.32 Å². The van der Waals surface area contributed by atoms with Crippen LogP contribution in [0.3, 0.4) is 0 Å². The zero-order valence-corrected chi connectivity index (χ0v) is 19.1. The van der Waals surface area contributed by atoms with Gasteiger partial charge in [0, 0.05) is 35.8 Å². The molecule has 4 rings (SSSR count). The van der Waals surface area contributed by atoms with Gasteiger partial charge in [-0.25, -0.2) is 9.97 Å². The van der Waals surface area contributed by atoms with E-state index in [1.165, 1.54) is 0 Å². The fraction of sp³-hybridized carbons (Fsp3) is 0.440. The van der Waals surface area contributed by atoms with Crippen LogP contribution in [-0.4, -0.2) is 31.8 Å². The van der Waals surface area contributed by atoms with Gasteiger partial charge in [-0.1, -0.05) is 6.07 Å². The van der Waals surface area contributed by atoms with E-state index < -0.39 is 5.60 Å². The van der Waals surface area contributed by atoms with Crippen molar-refractivity contribution in [2.24, 2.45) is 13.0 Å². The van der Waals surface area contributed by atoms with Crippen LogP contribution in [0.1, 0.15) is 73.0 Å². The van der Waals surface area contributed by atoms with Crippen LogP contribution in [0.4, 0.5) is 5.69 Å². The van der Waals surface area contributed by atoms with Crippen LogP contribution in [0.5, 0.6) is 0 Å². The molecule has 0 bridgehead atoms. The molecule has 1 aliphatic rings. The molecule has 0 atom stereocenters. The lowest BCUT2D eigenvalue weighted by Crippen LogP contribution is -2.21. The quantitative estimate of drug-likeness (QED) is 0.586. The van der Waals surface area contributed by atoms with E-state index in [0.29, 0.717) is 22.9 Å². The lowest BCUT2D eigenvalue weighted by atomic mass is 9.82. The molecule has 1 aromatic carbocycles. The van der Waals surface area contributed by atoms with Gasteiger partial charge >= 0.3 is 0 Å². The Balaban J connectivity index is 1.73. The van der Waals surface area contributed by atoms with E-state index in [4.69, 9.17) is 4.98 Å². The minimum Gasteiger partial charge on any atom is -0.386 e. The van der Waals surface area contributed by atoms with Crippen LogP contribution in [0.2, 0.25) is 0 Å². The summed E-state index contributed by atoms with van der Waals surface area (Å²) < 4.78 is 2.07. The molecule has 1 saturated carbocycles. The number of carbonyl (C=O) groups is 2. The highest BCUT2D eigenvalue weighted by atomic mass is 16.3. The van der Waals surface area contributed by atoms with Crippen LogP contribution < -0.4 is 5.32 Å². The fourth-order valence-electron chi connectivity index (χ4n) is 4.60. The predicted molar refractivity (Wildman–Crippen MR) is 124 cm³/mol. The number of aromatic nitrogens is 3. The highest BCUT2D eigenvalue weighted by Crippen LogP contribution is 2.38. The Morgan fingerprint density at radius 1 is 1.19 bits per heavy atom. The van der Waals surface area contributed by atoms with Crippen LogP contribution in [0.25, 0.3) is 11.0 Å². The maximum Gasteiger partial charge on any atom is 0.274 e. The van der Waals surface area contributed by atoms with E-state index in [-0.39, 0.29) is 11.8 Å². The van der Waals surface area contributed by atoms with Gasteiger partial charge in [-0.3, -0.25) is 4.79 Å². The Labute approximate surface area is 187 Å². The van der Waals surface area contributed by atoms with Crippen molar-refractivity contribution in [3.8, 4) is 0 Å². The molecule has 7 nitrogen and oxygen atoms in total. The van der Waals surface area contributed by atoms with Crippen molar-refractivity contribution in [3.05, 3.63) is 53.1 Å². The molecule has 0 unspecified atom stereocenters. The van der Waals surface area contributed by atoms with E-state index in [0.717, 1.165) is 54.5 Å². The minimum absolute atomic E-state index is 0.153. The molecule has 2 aromatic heterocycles. The summed E-state index contributed by atoms with van der Waals surface area (Å²) >= 11 is 0. The molecular weight excluding hydrogens is 404 g/mol. The van der Waals surface area contributed by atoms with Crippen LogP contribution >= 0.6 is 0 Å². The Bertz CT molecular complexity index is 1170. The van der Waals surface area contributed by atoms with E-state index in [1.807, 2.05) is 32.2 Å². The average molecular weight is 435 g/mol. The van der Waals surface area contributed by atoms with Gasteiger partial charge in [0.15, 0.2) is 0 Å². The number of nitrogens with one attached hydrogen (secondary N) is 1. The molecule has 32 heavy (non-hydrogen) atoms. The Kier molecular flexibility index (Phi) is 5.86. The summed E-state index contributed by atoms with van der Waals surface area (Å²) in [6.07, 6.45) is 4.70. The fourth-order valence-corrected chi connectivity index (χ4v) is 4.60. The Hall–Kier alpha value is -3.06. The third kappa shape index (κ3) is 4.30. The maximum absolute atomic E-state index is 12.9. The highest BCUT2D eigenvalue weighted by Gasteiger charge is 2.28. The molecule has 1 fully saturated rings. The van der Waals surface area contributed by atoms with Gasteiger partial charge in [-0.2, -0.15) is 0 Å². The zero-order chi connectivity index (χ0) is 23.0. The number of imidazole rings is 1. The molecule has 0 radical (unpaired) electrons.